The number of nitrogens with one attached hydrogen (secondary N) is 1. The largest absolute Gasteiger partial charge is 0.493 e. The van der Waals surface area contributed by atoms with Crippen LogP contribution in [0, 0.1) is 0 Å². The Balaban J connectivity index is 1.78. The number of nitrogens with zero attached hydrogens (tertiary/aromatic N) is 2. The molecule has 33 heavy (non-hydrogen) atoms. The lowest BCUT2D eigenvalue weighted by atomic mass is 9.95. The molecule has 1 aromatic rings. The lowest BCUT2D eigenvalue weighted by Gasteiger charge is -2.22. The highest BCUT2D eigenvalue weighted by atomic mass is 32.2. The van der Waals surface area contributed by atoms with E-state index in [1.165, 1.54) is 44.4 Å². The van der Waals surface area contributed by atoms with Crippen LogP contribution in [0.2, 0.25) is 0 Å². The summed E-state index contributed by atoms with van der Waals surface area (Å²) in [6.45, 7) is 4.04. The van der Waals surface area contributed by atoms with E-state index in [0.717, 1.165) is 25.7 Å². The number of aliphatic imine (C=N–C) groups is 1. The molecule has 1 fully saturated rings. The standard InChI is InChI=1S/C24H31N3O5S/c1-5-11-27-23(29)18(12-16-13-19(30-2)22(32-4)20(14-16)31-3)26-24(27)33-15-21(28)25-17-9-7-6-8-10-17/h5,12-14,17H,1,6-11,15H2,2-4H3,(H,25,28). The van der Waals surface area contributed by atoms with Gasteiger partial charge in [-0.25, -0.2) is 4.99 Å². The van der Waals surface area contributed by atoms with E-state index in [9.17, 15) is 9.59 Å². The highest BCUT2D eigenvalue weighted by molar-refractivity contribution is 8.14. The monoisotopic (exact) mass is 473 g/mol. The van der Waals surface area contributed by atoms with Gasteiger partial charge in [-0.05, 0) is 36.6 Å². The summed E-state index contributed by atoms with van der Waals surface area (Å²) in [6, 6.07) is 3.74. The van der Waals surface area contributed by atoms with Crippen LogP contribution in [0.4, 0.5) is 0 Å². The number of carbonyl (C=O) groups excluding carboxylic acids is 2. The third-order valence-corrected chi connectivity index (χ3v) is 6.49. The molecule has 0 bridgehead atoms. The Bertz CT molecular complexity index is 928. The predicted molar refractivity (Wildman–Crippen MR) is 131 cm³/mol. The summed E-state index contributed by atoms with van der Waals surface area (Å²) in [4.78, 5) is 31.5. The van der Waals surface area contributed by atoms with E-state index < -0.39 is 0 Å². The summed E-state index contributed by atoms with van der Waals surface area (Å²) in [7, 11) is 4.60. The molecular formula is C24H31N3O5S. The van der Waals surface area contributed by atoms with Crippen LogP contribution < -0.4 is 19.5 Å². The number of benzene rings is 1. The van der Waals surface area contributed by atoms with E-state index in [4.69, 9.17) is 14.2 Å². The number of hydrogen-bond donors (Lipinski definition) is 1. The predicted octanol–water partition coefficient (Wildman–Crippen LogP) is 3.62. The van der Waals surface area contributed by atoms with Crippen molar-refractivity contribution in [2.45, 2.75) is 38.1 Å². The van der Waals surface area contributed by atoms with Crippen molar-refractivity contribution in [3.8, 4) is 17.2 Å². The number of methoxy groups -OCH3 is 3. The van der Waals surface area contributed by atoms with Crippen LogP contribution in [0.25, 0.3) is 6.08 Å². The van der Waals surface area contributed by atoms with Gasteiger partial charge in [0.05, 0.1) is 27.1 Å². The van der Waals surface area contributed by atoms with Gasteiger partial charge >= 0.3 is 0 Å². The molecule has 1 heterocycles. The number of rotatable bonds is 9. The van der Waals surface area contributed by atoms with Crippen LogP contribution in [0.15, 0.2) is 35.5 Å². The molecule has 1 saturated carbocycles. The van der Waals surface area contributed by atoms with Gasteiger partial charge in [0.2, 0.25) is 11.7 Å². The molecule has 2 aliphatic rings. The molecule has 0 atom stereocenters. The van der Waals surface area contributed by atoms with E-state index in [1.54, 1.807) is 24.3 Å². The van der Waals surface area contributed by atoms with E-state index in [-0.39, 0.29) is 29.3 Å². The van der Waals surface area contributed by atoms with Gasteiger partial charge in [0, 0.05) is 12.6 Å². The molecular weight excluding hydrogens is 442 g/mol. The van der Waals surface area contributed by atoms with Crippen LogP contribution in [-0.2, 0) is 9.59 Å². The second kappa shape index (κ2) is 11.8. The van der Waals surface area contributed by atoms with Crippen molar-refractivity contribution in [2.75, 3.05) is 33.6 Å². The summed E-state index contributed by atoms with van der Waals surface area (Å²) in [5.41, 5.74) is 0.942. The second-order valence-corrected chi connectivity index (χ2v) is 8.72. The number of amidine groups is 1. The normalized spacial score (nSPS) is 17.7. The smallest absolute Gasteiger partial charge is 0.278 e. The fraction of sp³-hybridized carbons (Fsp3) is 0.458. The summed E-state index contributed by atoms with van der Waals surface area (Å²) in [5.74, 6) is 1.34. The summed E-state index contributed by atoms with van der Waals surface area (Å²) >= 11 is 1.25. The van der Waals surface area contributed by atoms with Gasteiger partial charge in [-0.1, -0.05) is 37.1 Å². The molecule has 0 spiro atoms. The lowest BCUT2D eigenvalue weighted by Crippen LogP contribution is -2.38. The maximum atomic E-state index is 13.0. The van der Waals surface area contributed by atoms with Gasteiger partial charge in [0.25, 0.3) is 5.91 Å². The van der Waals surface area contributed by atoms with Gasteiger partial charge in [-0.15, -0.1) is 6.58 Å². The summed E-state index contributed by atoms with van der Waals surface area (Å²) in [6.07, 6.45) is 8.90. The quantitative estimate of drug-likeness (QED) is 0.435. The maximum absolute atomic E-state index is 13.0. The highest BCUT2D eigenvalue weighted by Gasteiger charge is 2.30. The van der Waals surface area contributed by atoms with Crippen molar-refractivity contribution in [3.05, 3.63) is 36.0 Å². The highest BCUT2D eigenvalue weighted by Crippen LogP contribution is 2.39. The Morgan fingerprint density at radius 3 is 2.42 bits per heavy atom. The number of thioether (sulfide) groups is 1. The first-order valence-corrected chi connectivity index (χ1v) is 11.9. The molecule has 2 amide bonds. The van der Waals surface area contributed by atoms with E-state index in [1.807, 2.05) is 0 Å². The zero-order valence-corrected chi connectivity index (χ0v) is 20.2. The molecule has 178 valence electrons. The minimum atomic E-state index is -0.251. The van der Waals surface area contributed by atoms with Crippen molar-refractivity contribution in [1.82, 2.24) is 10.2 Å². The molecule has 1 N–H and O–H groups in total. The van der Waals surface area contributed by atoms with Gasteiger partial charge in [-0.2, -0.15) is 0 Å². The van der Waals surface area contributed by atoms with Crippen molar-refractivity contribution in [2.24, 2.45) is 4.99 Å². The average Bonchev–Trinajstić information content (AvgIpc) is 3.12. The van der Waals surface area contributed by atoms with Gasteiger partial charge in [0.15, 0.2) is 16.7 Å². The van der Waals surface area contributed by atoms with E-state index >= 15 is 0 Å². The number of carbonyl (C=O) groups is 2. The van der Waals surface area contributed by atoms with Crippen LogP contribution in [0.1, 0.15) is 37.7 Å². The Morgan fingerprint density at radius 1 is 1.18 bits per heavy atom. The Kier molecular flexibility index (Phi) is 8.82. The van der Waals surface area contributed by atoms with Crippen LogP contribution >= 0.6 is 11.8 Å². The molecule has 0 unspecified atom stereocenters. The topological polar surface area (TPSA) is 89.5 Å². The molecule has 8 nitrogen and oxygen atoms in total. The number of hydrogen-bond acceptors (Lipinski definition) is 7. The number of amides is 2. The molecule has 9 heteroatoms. The molecule has 1 aromatic carbocycles. The zero-order chi connectivity index (χ0) is 23.8. The SMILES string of the molecule is C=CCN1C(=O)C(=Cc2cc(OC)c(OC)c(OC)c2)N=C1SCC(=O)NC1CCCCC1. The molecule has 1 aliphatic heterocycles. The first kappa shape index (κ1) is 24.7. The van der Waals surface area contributed by atoms with E-state index in [0.29, 0.717) is 34.5 Å². The molecule has 0 saturated heterocycles. The third kappa shape index (κ3) is 6.10. The summed E-state index contributed by atoms with van der Waals surface area (Å²) < 4.78 is 16.1. The Hall–Kier alpha value is -2.94. The fourth-order valence-corrected chi connectivity index (χ4v) is 4.74. The van der Waals surface area contributed by atoms with Crippen LogP contribution in [0.3, 0.4) is 0 Å². The molecule has 0 radical (unpaired) electrons. The third-order valence-electron chi connectivity index (χ3n) is 5.52. The van der Waals surface area contributed by atoms with E-state index in [2.05, 4.69) is 16.9 Å². The fourth-order valence-electron chi connectivity index (χ4n) is 3.92. The van der Waals surface area contributed by atoms with Crippen LogP contribution in [0.5, 0.6) is 17.2 Å². The van der Waals surface area contributed by atoms with Crippen molar-refractivity contribution < 1.29 is 23.8 Å². The van der Waals surface area contributed by atoms with Crippen LogP contribution in [-0.4, -0.2) is 61.6 Å². The lowest BCUT2D eigenvalue weighted by molar-refractivity contribution is -0.122. The first-order valence-electron chi connectivity index (χ1n) is 11.0. The minimum Gasteiger partial charge on any atom is -0.493 e. The minimum absolute atomic E-state index is 0.0392. The second-order valence-electron chi connectivity index (χ2n) is 7.78. The zero-order valence-electron chi connectivity index (χ0n) is 19.4. The van der Waals surface area contributed by atoms with Gasteiger partial charge < -0.3 is 19.5 Å². The Morgan fingerprint density at radius 2 is 1.85 bits per heavy atom. The van der Waals surface area contributed by atoms with Crippen molar-refractivity contribution in [3.63, 3.8) is 0 Å². The average molecular weight is 474 g/mol. The summed E-state index contributed by atoms with van der Waals surface area (Å²) in [5, 5.41) is 3.58. The van der Waals surface area contributed by atoms with Crippen molar-refractivity contribution >= 4 is 34.8 Å². The van der Waals surface area contributed by atoms with Gasteiger partial charge in [-0.3, -0.25) is 14.5 Å². The molecule has 0 aromatic heterocycles. The van der Waals surface area contributed by atoms with Crippen molar-refractivity contribution in [1.29, 1.82) is 0 Å². The first-order chi connectivity index (χ1) is 16.0. The molecule has 1 aliphatic carbocycles. The maximum Gasteiger partial charge on any atom is 0.278 e. The van der Waals surface area contributed by atoms with Gasteiger partial charge in [0.1, 0.15) is 5.70 Å². The number of ether oxygens (including phenoxy) is 3. The Labute approximate surface area is 199 Å². The molecule has 3 rings (SSSR count).